The summed E-state index contributed by atoms with van der Waals surface area (Å²) in [6, 6.07) is 21.6. The molecule has 0 aliphatic carbocycles. The van der Waals surface area contributed by atoms with Crippen molar-refractivity contribution in [1.82, 2.24) is 9.80 Å². The van der Waals surface area contributed by atoms with Gasteiger partial charge in [0.15, 0.2) is 17.9 Å². The molecule has 1 saturated heterocycles. The van der Waals surface area contributed by atoms with Crippen molar-refractivity contribution in [3.05, 3.63) is 107 Å². The smallest absolute Gasteiger partial charge is 0.333 e. The number of fused-ring (bicyclic) bond motifs is 1. The number of ether oxygens (including phenoxy) is 1. The van der Waals surface area contributed by atoms with Gasteiger partial charge in [-0.1, -0.05) is 78.0 Å². The van der Waals surface area contributed by atoms with E-state index in [4.69, 9.17) is 9.57 Å². The van der Waals surface area contributed by atoms with E-state index in [0.717, 1.165) is 15.4 Å². The van der Waals surface area contributed by atoms with E-state index in [1.807, 2.05) is 30.3 Å². The predicted molar refractivity (Wildman–Crippen MR) is 127 cm³/mol. The Morgan fingerprint density at radius 1 is 0.861 bits per heavy atom. The minimum atomic E-state index is -1.34. The molecular formula is C27H21N3O6. The lowest BCUT2D eigenvalue weighted by molar-refractivity contribution is -0.153. The van der Waals surface area contributed by atoms with Gasteiger partial charge in [-0.3, -0.25) is 24.2 Å². The number of amidine groups is 1. The normalized spacial score (nSPS) is 18.6. The predicted octanol–water partition coefficient (Wildman–Crippen LogP) is 2.94. The summed E-state index contributed by atoms with van der Waals surface area (Å²) in [7, 11) is 1.22. The van der Waals surface area contributed by atoms with Gasteiger partial charge in [0.2, 0.25) is 0 Å². The molecule has 0 spiro atoms. The summed E-state index contributed by atoms with van der Waals surface area (Å²) in [4.78, 5) is 60.0. The second-order valence-electron chi connectivity index (χ2n) is 8.18. The van der Waals surface area contributed by atoms with Crippen molar-refractivity contribution >= 4 is 29.5 Å². The molecule has 2 aliphatic heterocycles. The number of hydrogen-bond acceptors (Lipinski definition) is 7. The molecule has 3 aromatic carbocycles. The Hall–Kier alpha value is -4.79. The molecule has 0 radical (unpaired) electrons. The van der Waals surface area contributed by atoms with Crippen LogP contribution in [0.3, 0.4) is 0 Å². The van der Waals surface area contributed by atoms with E-state index >= 15 is 0 Å². The average Bonchev–Trinajstić information content (AvgIpc) is 3.17. The van der Waals surface area contributed by atoms with Gasteiger partial charge in [-0.25, -0.2) is 4.79 Å². The van der Waals surface area contributed by atoms with Crippen molar-refractivity contribution in [2.45, 2.75) is 18.7 Å². The molecule has 2 atom stereocenters. The Labute approximate surface area is 206 Å². The molecule has 2 unspecified atom stereocenters. The molecule has 180 valence electrons. The van der Waals surface area contributed by atoms with E-state index in [2.05, 4.69) is 5.16 Å². The van der Waals surface area contributed by atoms with Gasteiger partial charge in [-0.15, -0.1) is 0 Å². The van der Waals surface area contributed by atoms with Crippen LogP contribution in [0.15, 0.2) is 90.1 Å². The molecule has 0 aromatic heterocycles. The minimum absolute atomic E-state index is 0.0373. The van der Waals surface area contributed by atoms with Crippen molar-refractivity contribution < 1.29 is 28.8 Å². The fraction of sp³-hybridized carbons (Fsp3) is 0.148. The Bertz CT molecular complexity index is 1340. The van der Waals surface area contributed by atoms with Gasteiger partial charge in [0, 0.05) is 0 Å². The molecule has 0 bridgehead atoms. The van der Waals surface area contributed by atoms with Gasteiger partial charge in [-0.2, -0.15) is 0 Å². The maximum atomic E-state index is 13.5. The number of likely N-dealkylation sites (tertiary alicyclic amines) is 1. The third-order valence-corrected chi connectivity index (χ3v) is 6.08. The zero-order chi connectivity index (χ0) is 25.2. The number of rotatable bonds is 7. The molecule has 1 fully saturated rings. The van der Waals surface area contributed by atoms with Gasteiger partial charge in [0.05, 0.1) is 18.2 Å². The molecular weight excluding hydrogens is 462 g/mol. The van der Waals surface area contributed by atoms with Crippen molar-refractivity contribution in [1.29, 1.82) is 0 Å². The molecule has 2 aliphatic rings. The van der Waals surface area contributed by atoms with Crippen LogP contribution in [0.25, 0.3) is 0 Å². The van der Waals surface area contributed by atoms with Crippen molar-refractivity contribution in [3.63, 3.8) is 0 Å². The van der Waals surface area contributed by atoms with Crippen LogP contribution in [0.5, 0.6) is 0 Å². The summed E-state index contributed by atoms with van der Waals surface area (Å²) in [5, 5.41) is 4.15. The molecule has 3 aromatic rings. The zero-order valence-electron chi connectivity index (χ0n) is 19.2. The van der Waals surface area contributed by atoms with Crippen molar-refractivity contribution in [3.8, 4) is 0 Å². The maximum absolute atomic E-state index is 13.5. The van der Waals surface area contributed by atoms with Crippen LogP contribution in [0.2, 0.25) is 0 Å². The molecule has 9 heteroatoms. The zero-order valence-corrected chi connectivity index (χ0v) is 19.2. The van der Waals surface area contributed by atoms with Crippen LogP contribution in [-0.2, 0) is 25.8 Å². The Morgan fingerprint density at radius 2 is 1.42 bits per heavy atom. The van der Waals surface area contributed by atoms with Crippen molar-refractivity contribution in [2.75, 3.05) is 7.11 Å². The second kappa shape index (κ2) is 9.46. The number of amides is 3. The number of imide groups is 1. The molecule has 36 heavy (non-hydrogen) atoms. The molecule has 5 rings (SSSR count). The van der Waals surface area contributed by atoms with Crippen LogP contribution < -0.4 is 0 Å². The molecule has 2 heterocycles. The van der Waals surface area contributed by atoms with Gasteiger partial charge >= 0.3 is 5.97 Å². The summed E-state index contributed by atoms with van der Waals surface area (Å²) >= 11 is 0. The monoisotopic (exact) mass is 483 g/mol. The number of carbonyl (C=O) groups is 4. The number of oxime groups is 1. The number of carbonyl (C=O) groups excluding carboxylic acids is 4. The number of hydrogen-bond donors (Lipinski definition) is 0. The molecule has 9 nitrogen and oxygen atoms in total. The van der Waals surface area contributed by atoms with Crippen LogP contribution >= 0.6 is 0 Å². The molecule has 0 N–H and O–H groups in total. The topological polar surface area (TPSA) is 106 Å². The number of methoxy groups -OCH3 is 1. The lowest BCUT2D eigenvalue weighted by Gasteiger charge is -2.45. The first kappa shape index (κ1) is 23.0. The first-order valence-electron chi connectivity index (χ1n) is 11.2. The first-order chi connectivity index (χ1) is 17.5. The first-order valence-corrected chi connectivity index (χ1v) is 11.2. The summed E-state index contributed by atoms with van der Waals surface area (Å²) < 4.78 is 4.97. The Balaban J connectivity index is 1.52. The standard InChI is InChI=1S/C27H21N3O6/c1-35-27(34)21(18-12-6-3-7-13-18)29-23(28-36-16-17-10-4-2-5-11-17)22(26(29)33)30-24(31)19-14-8-9-15-20(19)25(30)32/h2-15,21-22H,16H2,1H3. The van der Waals surface area contributed by atoms with Crippen LogP contribution in [0.4, 0.5) is 0 Å². The highest BCUT2D eigenvalue weighted by Gasteiger charge is 2.58. The maximum Gasteiger partial charge on any atom is 0.333 e. The van der Waals surface area contributed by atoms with Crippen LogP contribution in [0, 0.1) is 0 Å². The lowest BCUT2D eigenvalue weighted by atomic mass is 9.95. The molecule has 3 amide bonds. The Kier molecular flexibility index (Phi) is 6.03. The van der Waals surface area contributed by atoms with Gasteiger partial charge < -0.3 is 9.57 Å². The summed E-state index contributed by atoms with van der Waals surface area (Å²) in [6.07, 6.45) is 0. The van der Waals surface area contributed by atoms with Gasteiger partial charge in [-0.05, 0) is 23.3 Å². The van der Waals surface area contributed by atoms with E-state index in [-0.39, 0.29) is 23.6 Å². The number of esters is 1. The summed E-state index contributed by atoms with van der Waals surface area (Å²) in [6.45, 7) is 0.0788. The summed E-state index contributed by atoms with van der Waals surface area (Å²) in [5.41, 5.74) is 1.70. The highest BCUT2D eigenvalue weighted by molar-refractivity contribution is 6.32. The highest BCUT2D eigenvalue weighted by Crippen LogP contribution is 2.36. The lowest BCUT2D eigenvalue weighted by Crippen LogP contribution is -2.70. The number of nitrogens with zero attached hydrogens (tertiary/aromatic N) is 3. The number of β-lactam (4-membered cyclic amide) rings is 1. The Morgan fingerprint density at radius 3 is 2.00 bits per heavy atom. The fourth-order valence-corrected chi connectivity index (χ4v) is 4.33. The second-order valence-corrected chi connectivity index (χ2v) is 8.18. The summed E-state index contributed by atoms with van der Waals surface area (Å²) in [5.74, 6) is -2.61. The minimum Gasteiger partial charge on any atom is -0.467 e. The average molecular weight is 483 g/mol. The van der Waals surface area contributed by atoms with Crippen LogP contribution in [0.1, 0.15) is 37.9 Å². The highest BCUT2D eigenvalue weighted by atomic mass is 16.6. The van der Waals surface area contributed by atoms with Gasteiger partial charge in [0.1, 0.15) is 6.61 Å². The quantitative estimate of drug-likeness (QED) is 0.221. The largest absolute Gasteiger partial charge is 0.467 e. The third kappa shape index (κ3) is 3.80. The van der Waals surface area contributed by atoms with E-state index in [9.17, 15) is 19.2 Å². The van der Waals surface area contributed by atoms with Crippen LogP contribution in [-0.4, -0.2) is 52.5 Å². The number of benzene rings is 3. The van der Waals surface area contributed by atoms with Gasteiger partial charge in [0.25, 0.3) is 17.7 Å². The van der Waals surface area contributed by atoms with E-state index in [1.54, 1.807) is 42.5 Å². The van der Waals surface area contributed by atoms with E-state index in [1.165, 1.54) is 19.2 Å². The van der Waals surface area contributed by atoms with E-state index in [0.29, 0.717) is 5.56 Å². The fourth-order valence-electron chi connectivity index (χ4n) is 4.33. The molecule has 0 saturated carbocycles. The van der Waals surface area contributed by atoms with Crippen molar-refractivity contribution in [2.24, 2.45) is 5.16 Å². The third-order valence-electron chi connectivity index (χ3n) is 6.08. The van der Waals surface area contributed by atoms with E-state index < -0.39 is 35.8 Å². The SMILES string of the molecule is COC(=O)C(c1ccccc1)N1C(=O)C(N2C(=O)c3ccccc3C2=O)C1=NOCc1ccccc1.